The molecule has 1 aliphatic heterocycles. The lowest BCUT2D eigenvalue weighted by atomic mass is 9.76. The summed E-state index contributed by atoms with van der Waals surface area (Å²) < 4.78 is 40.6. The van der Waals surface area contributed by atoms with Crippen LogP contribution < -0.4 is 26.0 Å². The van der Waals surface area contributed by atoms with Crippen LogP contribution in [0.25, 0.3) is 0 Å². The van der Waals surface area contributed by atoms with Gasteiger partial charge in [-0.05, 0) is 121 Å². The Kier molecular flexibility index (Phi) is 28.3. The maximum Gasteiger partial charge on any atom is 0.410 e. The second-order valence-electron chi connectivity index (χ2n) is 28.0. The summed E-state index contributed by atoms with van der Waals surface area (Å²) in [7, 11) is 0.251. The number of carbonyl (C=O) groups is 10. The Morgan fingerprint density at radius 2 is 1.18 bits per heavy atom. The number of hydrogen-bond acceptors (Lipinski definition) is 14. The van der Waals surface area contributed by atoms with E-state index >= 15 is 0 Å². The number of nitrogens with zero attached hydrogens (tertiary/aromatic N) is 4. The largest absolute Gasteiger partial charge is 0.444 e. The molecule has 5 N–H and O–H groups in total. The summed E-state index contributed by atoms with van der Waals surface area (Å²) in [5, 5.41) is 11.5. The number of sulfonamides is 1. The van der Waals surface area contributed by atoms with Crippen molar-refractivity contribution < 1.29 is 65.8 Å². The summed E-state index contributed by atoms with van der Waals surface area (Å²) in [5.41, 5.74) is -1.48. The number of imide groups is 1. The highest BCUT2D eigenvalue weighted by Gasteiger charge is 2.46. The van der Waals surface area contributed by atoms with Gasteiger partial charge in [0.2, 0.25) is 39.6 Å². The molecule has 94 heavy (non-hydrogen) atoms. The van der Waals surface area contributed by atoms with Gasteiger partial charge in [-0.25, -0.2) is 22.7 Å². The minimum Gasteiger partial charge on any atom is -0.444 e. The van der Waals surface area contributed by atoms with Crippen molar-refractivity contribution in [2.24, 2.45) is 11.3 Å². The van der Waals surface area contributed by atoms with Crippen LogP contribution in [0, 0.1) is 11.3 Å². The molecule has 516 valence electrons. The van der Waals surface area contributed by atoms with Gasteiger partial charge >= 0.3 is 12.2 Å². The molecule has 0 aliphatic carbocycles. The molecule has 5 atom stereocenters. The van der Waals surface area contributed by atoms with E-state index in [-0.39, 0.29) is 66.9 Å². The van der Waals surface area contributed by atoms with Gasteiger partial charge in [-0.15, -0.1) is 0 Å². The molecule has 0 aromatic heterocycles. The molecule has 0 bridgehead atoms. The first-order valence-corrected chi connectivity index (χ1v) is 33.6. The molecule has 0 saturated carbocycles. The fourth-order valence-corrected chi connectivity index (χ4v) is 11.7. The van der Waals surface area contributed by atoms with E-state index < -0.39 is 116 Å². The Labute approximate surface area is 556 Å². The number of amides is 10. The zero-order valence-electron chi connectivity index (χ0n) is 58.0. The summed E-state index contributed by atoms with van der Waals surface area (Å²) in [6.07, 6.45) is 5.12. The van der Waals surface area contributed by atoms with Crippen LogP contribution in [0.1, 0.15) is 159 Å². The van der Waals surface area contributed by atoms with Gasteiger partial charge in [-0.3, -0.25) is 48.2 Å². The predicted octanol–water partition coefficient (Wildman–Crippen LogP) is 8.48. The zero-order chi connectivity index (χ0) is 70.7. The number of benzene rings is 3. The van der Waals surface area contributed by atoms with Crippen LogP contribution in [-0.2, 0) is 75.4 Å². The van der Waals surface area contributed by atoms with Crippen molar-refractivity contribution in [3.8, 4) is 0 Å². The fraction of sp³-hybridized carbons (Fsp3) is 0.543. The molecule has 1 aliphatic rings. The summed E-state index contributed by atoms with van der Waals surface area (Å²) in [4.78, 5) is 141. The van der Waals surface area contributed by atoms with Crippen LogP contribution in [0.4, 0.5) is 15.3 Å². The van der Waals surface area contributed by atoms with Gasteiger partial charge in [0, 0.05) is 75.9 Å². The third-order valence-electron chi connectivity index (χ3n) is 15.7. The van der Waals surface area contributed by atoms with Crippen LogP contribution in [-0.4, -0.2) is 163 Å². The summed E-state index contributed by atoms with van der Waals surface area (Å²) in [5.74, 6) is -5.46. The maximum absolute atomic E-state index is 14.8. The molecule has 0 radical (unpaired) electrons. The topological polar surface area (TPSA) is 296 Å². The van der Waals surface area contributed by atoms with E-state index in [1.807, 2.05) is 64.1 Å². The number of nitrogens with one attached hydrogen (secondary N) is 5. The van der Waals surface area contributed by atoms with E-state index in [1.54, 1.807) is 93.6 Å². The van der Waals surface area contributed by atoms with E-state index in [4.69, 9.17) is 9.47 Å². The van der Waals surface area contributed by atoms with E-state index in [0.29, 0.717) is 32.1 Å². The third-order valence-corrected chi connectivity index (χ3v) is 16.9. The average molecular weight is 1320 g/mol. The lowest BCUT2D eigenvalue weighted by molar-refractivity contribution is -0.142. The van der Waals surface area contributed by atoms with Gasteiger partial charge in [0.05, 0.1) is 11.8 Å². The molecule has 24 heteroatoms. The van der Waals surface area contributed by atoms with Crippen molar-refractivity contribution >= 4 is 75.2 Å². The third kappa shape index (κ3) is 24.8. The van der Waals surface area contributed by atoms with Gasteiger partial charge in [0.25, 0.3) is 17.7 Å². The van der Waals surface area contributed by atoms with E-state index in [9.17, 15) is 56.4 Å². The van der Waals surface area contributed by atoms with Gasteiger partial charge in [-0.1, -0.05) is 134 Å². The Hall–Kier alpha value is -8.41. The molecule has 23 nitrogen and oxygen atoms in total. The van der Waals surface area contributed by atoms with Gasteiger partial charge < -0.3 is 40.5 Å². The van der Waals surface area contributed by atoms with E-state index in [2.05, 4.69) is 26.0 Å². The number of anilines is 1. The SMILES string of the molecule is C/C(=C\[C@H](C(C)C)N(C)C(=O)[C@@H](NC(=O)[C@@H](N(C)C(=O)OC(C)(C)C)C(C)(C)c1ccccc1)C(C)(C)C)C(=O)NS(=O)(=O)Cc1ccc(NC(=O)[C@@H](CCCCN(C)C(=O)OC(C)(C)C)NC(=O)[C@@H](Cc2ccccc2)NC(=O)CCCCCN2C(=O)C=CC2=O)cc1. The summed E-state index contributed by atoms with van der Waals surface area (Å²) >= 11 is 0. The first kappa shape index (κ1) is 78.0. The maximum atomic E-state index is 14.8. The highest BCUT2D eigenvalue weighted by atomic mass is 32.2. The molecule has 10 amide bonds. The molecule has 0 spiro atoms. The molecular weight excluding hydrogens is 1220 g/mol. The Morgan fingerprint density at radius 1 is 0.617 bits per heavy atom. The van der Waals surface area contributed by atoms with Gasteiger partial charge in [0.1, 0.15) is 35.4 Å². The summed E-state index contributed by atoms with van der Waals surface area (Å²) in [6, 6.07) is 18.7. The van der Waals surface area contributed by atoms with Crippen molar-refractivity contribution in [3.63, 3.8) is 0 Å². The highest BCUT2D eigenvalue weighted by molar-refractivity contribution is 7.89. The quantitative estimate of drug-likeness (QED) is 0.0229. The monoisotopic (exact) mass is 1320 g/mol. The second-order valence-corrected chi connectivity index (χ2v) is 29.8. The average Bonchev–Trinajstić information content (AvgIpc) is 0.916. The molecule has 4 rings (SSSR count). The van der Waals surface area contributed by atoms with Crippen LogP contribution in [0.15, 0.2) is 109 Å². The van der Waals surface area contributed by atoms with Crippen LogP contribution >= 0.6 is 0 Å². The molecule has 3 aromatic carbocycles. The second kappa shape index (κ2) is 34.1. The van der Waals surface area contributed by atoms with Crippen molar-refractivity contribution in [3.05, 3.63) is 125 Å². The zero-order valence-corrected chi connectivity index (χ0v) is 58.8. The highest BCUT2D eigenvalue weighted by Crippen LogP contribution is 2.33. The minimum atomic E-state index is -4.36. The smallest absolute Gasteiger partial charge is 0.410 e. The first-order valence-electron chi connectivity index (χ1n) is 31.9. The molecule has 3 aromatic rings. The van der Waals surface area contributed by atoms with Crippen molar-refractivity contribution in [2.75, 3.05) is 39.5 Å². The number of ether oxygens (including phenoxy) is 2. The van der Waals surface area contributed by atoms with Gasteiger partial charge in [-0.2, -0.15) is 0 Å². The minimum absolute atomic E-state index is 0.0108. The van der Waals surface area contributed by atoms with Crippen LogP contribution in [0.3, 0.4) is 0 Å². The Balaban J connectivity index is 1.49. The molecule has 0 fully saturated rings. The predicted molar refractivity (Wildman–Crippen MR) is 361 cm³/mol. The normalized spacial score (nSPS) is 14.6. The number of likely N-dealkylation sites (N-methyl/N-ethyl adjacent to an activating group) is 2. The number of rotatable bonds is 31. The number of unbranched alkanes of at least 4 members (excludes halogenated alkanes) is 3. The lowest BCUT2D eigenvalue weighted by Crippen LogP contribution is -2.63. The van der Waals surface area contributed by atoms with E-state index in [0.717, 1.165) is 16.0 Å². The van der Waals surface area contributed by atoms with Crippen LogP contribution in [0.5, 0.6) is 0 Å². The van der Waals surface area contributed by atoms with Crippen LogP contribution in [0.2, 0.25) is 0 Å². The molecule has 0 unspecified atom stereocenters. The van der Waals surface area contributed by atoms with Crippen molar-refractivity contribution in [1.29, 1.82) is 0 Å². The number of hydrogen-bond donors (Lipinski definition) is 5. The van der Waals surface area contributed by atoms with Crippen molar-refractivity contribution in [1.82, 2.24) is 40.3 Å². The van der Waals surface area contributed by atoms with Crippen molar-refractivity contribution in [2.45, 2.75) is 201 Å². The standard InChI is InChI=1S/C70H101N9O14S/c1-46(2)54(77(16)64(87)58(67(4,5)6)74-63(86)59(78(17)66(89)93-69(10,11)12)70(13,14)50-31-23-19-24-32-50)43-47(3)60(83)75-94(90,91)45-49-35-37-51(38-36-49)71-61(84)52(33-26-28-41-76(15)65(88)92-68(7,8)9)73-62(85)53(44-48-29-21-18-22-30-48)72-55(80)34-25-20-27-42-79-56(81)39-40-57(79)82/h18-19,21-24,29-32,35-40,43,46,52-54,58-59H,20,25-28,33-34,41-42,44-45H2,1-17H3,(H,71,84)(H,72,80)(H,73,85)(H,74,86)(H,75,83)/b47-43+/t52-,53-,54-,58-,59-/m1/s1. The lowest BCUT2D eigenvalue weighted by Gasteiger charge is -2.42. The van der Waals surface area contributed by atoms with E-state index in [1.165, 1.54) is 78.2 Å². The van der Waals surface area contributed by atoms with Gasteiger partial charge in [0.15, 0.2) is 0 Å². The first-order chi connectivity index (χ1) is 43.6. The number of carbonyl (C=O) groups excluding carboxylic acids is 10. The summed E-state index contributed by atoms with van der Waals surface area (Å²) in [6.45, 7) is 25.0. The molecular formula is C70H101N9O14S. The fourth-order valence-electron chi connectivity index (χ4n) is 10.5. The Morgan fingerprint density at radius 3 is 1.73 bits per heavy atom. The molecule has 1 heterocycles. The Bertz CT molecular complexity index is 3300. The molecule has 0 saturated heterocycles.